The van der Waals surface area contributed by atoms with Crippen molar-refractivity contribution in [3.05, 3.63) is 12.7 Å². The van der Waals surface area contributed by atoms with E-state index in [1.165, 1.54) is 0 Å². The molecule has 0 aromatic carbocycles. The molecule has 0 radical (unpaired) electrons. The normalized spacial score (nSPS) is 15.0. The molecule has 4 heteroatoms. The van der Waals surface area contributed by atoms with E-state index in [1.807, 2.05) is 0 Å². The van der Waals surface area contributed by atoms with Crippen molar-refractivity contribution < 1.29 is 9.59 Å². The lowest BCUT2D eigenvalue weighted by molar-refractivity contribution is -0.124. The van der Waals surface area contributed by atoms with Crippen LogP contribution in [0.15, 0.2) is 12.7 Å². The molecule has 0 bridgehead atoms. The fourth-order valence-electron chi connectivity index (χ4n) is 0.746. The summed E-state index contributed by atoms with van der Waals surface area (Å²) in [5.74, 6) is -0.450. The molecule has 1 fully saturated rings. The van der Waals surface area contributed by atoms with Crippen molar-refractivity contribution in [1.29, 1.82) is 0 Å². The van der Waals surface area contributed by atoms with E-state index in [-0.39, 0.29) is 18.4 Å². The molecule has 66 valence electrons. The van der Waals surface area contributed by atoms with Crippen LogP contribution in [0.25, 0.3) is 0 Å². The molecule has 1 aliphatic rings. The minimum absolute atomic E-state index is 0.0430. The number of hydrogen-bond donors (Lipinski definition) is 2. The largest absolute Gasteiger partial charge is 0.352 e. The maximum atomic E-state index is 11.0. The molecule has 4 nitrogen and oxygen atoms in total. The van der Waals surface area contributed by atoms with Gasteiger partial charge in [0.05, 0.1) is 6.54 Å². The standard InChI is InChI=1S/C8H12N2O2/c1-2-7(11)9-5-8(12)10-6-3-4-6/h2,6H,1,3-5H2,(H,9,11)(H,10,12). The summed E-state index contributed by atoms with van der Waals surface area (Å²) in [6.07, 6.45) is 3.26. The monoisotopic (exact) mass is 168 g/mol. The van der Waals surface area contributed by atoms with E-state index in [0.29, 0.717) is 6.04 Å². The molecule has 0 unspecified atom stereocenters. The molecule has 0 spiro atoms. The molecule has 0 aromatic rings. The third-order valence-electron chi connectivity index (χ3n) is 1.55. The smallest absolute Gasteiger partial charge is 0.243 e. The molecular weight excluding hydrogens is 156 g/mol. The summed E-state index contributed by atoms with van der Waals surface area (Å²) in [6.45, 7) is 3.31. The zero-order valence-corrected chi connectivity index (χ0v) is 6.80. The highest BCUT2D eigenvalue weighted by Gasteiger charge is 2.22. The molecule has 2 amide bonds. The van der Waals surface area contributed by atoms with Crippen LogP contribution in [0.4, 0.5) is 0 Å². The zero-order valence-electron chi connectivity index (χ0n) is 6.80. The fourth-order valence-corrected chi connectivity index (χ4v) is 0.746. The maximum Gasteiger partial charge on any atom is 0.243 e. The lowest BCUT2D eigenvalue weighted by Crippen LogP contribution is -2.37. The van der Waals surface area contributed by atoms with Crippen LogP contribution < -0.4 is 10.6 Å². The van der Waals surface area contributed by atoms with Gasteiger partial charge in [0.1, 0.15) is 0 Å². The summed E-state index contributed by atoms with van der Waals surface area (Å²) in [4.78, 5) is 21.6. The first-order valence-electron chi connectivity index (χ1n) is 3.92. The van der Waals surface area contributed by atoms with E-state index in [0.717, 1.165) is 18.9 Å². The van der Waals surface area contributed by atoms with Crippen LogP contribution in [-0.4, -0.2) is 24.4 Å². The van der Waals surface area contributed by atoms with E-state index in [9.17, 15) is 9.59 Å². The first-order chi connectivity index (χ1) is 5.72. The van der Waals surface area contributed by atoms with Crippen LogP contribution in [0.5, 0.6) is 0 Å². The van der Waals surface area contributed by atoms with Crippen molar-refractivity contribution in [2.75, 3.05) is 6.54 Å². The van der Waals surface area contributed by atoms with Crippen molar-refractivity contribution >= 4 is 11.8 Å². The first-order valence-corrected chi connectivity index (χ1v) is 3.92. The van der Waals surface area contributed by atoms with Gasteiger partial charge in [-0.3, -0.25) is 9.59 Å². The highest BCUT2D eigenvalue weighted by molar-refractivity contribution is 5.90. The van der Waals surface area contributed by atoms with Crippen LogP contribution >= 0.6 is 0 Å². The van der Waals surface area contributed by atoms with Gasteiger partial charge in [0, 0.05) is 6.04 Å². The van der Waals surface area contributed by atoms with Crippen LogP contribution in [0, 0.1) is 0 Å². The van der Waals surface area contributed by atoms with E-state index in [1.54, 1.807) is 0 Å². The Labute approximate surface area is 71.0 Å². The minimum atomic E-state index is -0.319. The van der Waals surface area contributed by atoms with Crippen LogP contribution in [0.2, 0.25) is 0 Å². The molecule has 0 heterocycles. The predicted molar refractivity (Wildman–Crippen MR) is 44.4 cm³/mol. The van der Waals surface area contributed by atoms with Crippen molar-refractivity contribution in [3.63, 3.8) is 0 Å². The van der Waals surface area contributed by atoms with Gasteiger partial charge in [0.2, 0.25) is 11.8 Å². The lowest BCUT2D eigenvalue weighted by Gasteiger charge is -2.02. The highest BCUT2D eigenvalue weighted by Crippen LogP contribution is 2.17. The predicted octanol–water partition coefficient (Wildman–Crippen LogP) is -0.433. The summed E-state index contributed by atoms with van der Waals surface area (Å²) in [6, 6.07) is 0.345. The van der Waals surface area contributed by atoms with Gasteiger partial charge in [-0.2, -0.15) is 0 Å². The number of rotatable bonds is 4. The number of carbonyl (C=O) groups excluding carboxylic acids is 2. The number of nitrogens with one attached hydrogen (secondary N) is 2. The van der Waals surface area contributed by atoms with Crippen LogP contribution in [0.3, 0.4) is 0 Å². The fraction of sp³-hybridized carbons (Fsp3) is 0.500. The van der Waals surface area contributed by atoms with Crippen LogP contribution in [0.1, 0.15) is 12.8 Å². The van der Waals surface area contributed by atoms with Crippen molar-refractivity contribution in [2.24, 2.45) is 0 Å². The van der Waals surface area contributed by atoms with Gasteiger partial charge in [-0.15, -0.1) is 0 Å². The average Bonchev–Trinajstić information content (AvgIpc) is 2.84. The summed E-state index contributed by atoms with van der Waals surface area (Å²) in [5, 5.41) is 5.14. The quantitative estimate of drug-likeness (QED) is 0.559. The third-order valence-corrected chi connectivity index (χ3v) is 1.55. The Morgan fingerprint density at radius 2 is 2.17 bits per heavy atom. The first kappa shape index (κ1) is 8.77. The van der Waals surface area contributed by atoms with Gasteiger partial charge in [-0.05, 0) is 18.9 Å². The molecule has 1 rings (SSSR count). The molecule has 2 N–H and O–H groups in total. The van der Waals surface area contributed by atoms with Gasteiger partial charge < -0.3 is 10.6 Å². The number of hydrogen-bond acceptors (Lipinski definition) is 2. The van der Waals surface area contributed by atoms with Gasteiger partial charge in [0.15, 0.2) is 0 Å². The summed E-state index contributed by atoms with van der Waals surface area (Å²) < 4.78 is 0. The Hall–Kier alpha value is -1.32. The summed E-state index contributed by atoms with van der Waals surface area (Å²) in [7, 11) is 0. The van der Waals surface area contributed by atoms with Gasteiger partial charge in [-0.25, -0.2) is 0 Å². The molecule has 1 saturated carbocycles. The number of carbonyl (C=O) groups is 2. The molecule has 0 atom stereocenters. The van der Waals surface area contributed by atoms with Gasteiger partial charge >= 0.3 is 0 Å². The third kappa shape index (κ3) is 3.18. The Kier molecular flexibility index (Phi) is 2.85. The molecule has 1 aliphatic carbocycles. The Morgan fingerprint density at radius 3 is 2.67 bits per heavy atom. The van der Waals surface area contributed by atoms with E-state index >= 15 is 0 Å². The molecule has 12 heavy (non-hydrogen) atoms. The molecule has 0 saturated heterocycles. The second kappa shape index (κ2) is 3.90. The zero-order chi connectivity index (χ0) is 8.97. The second-order valence-corrected chi connectivity index (χ2v) is 2.76. The highest BCUT2D eigenvalue weighted by atomic mass is 16.2. The van der Waals surface area contributed by atoms with Gasteiger partial charge in [0.25, 0.3) is 0 Å². The minimum Gasteiger partial charge on any atom is -0.352 e. The van der Waals surface area contributed by atoms with E-state index in [4.69, 9.17) is 0 Å². The molecule has 0 aromatic heterocycles. The maximum absolute atomic E-state index is 11.0. The van der Waals surface area contributed by atoms with Crippen molar-refractivity contribution in [2.45, 2.75) is 18.9 Å². The molecular formula is C8H12N2O2. The van der Waals surface area contributed by atoms with Crippen molar-refractivity contribution in [1.82, 2.24) is 10.6 Å². The summed E-state index contributed by atoms with van der Waals surface area (Å²) in [5.41, 5.74) is 0. The average molecular weight is 168 g/mol. The Morgan fingerprint density at radius 1 is 1.50 bits per heavy atom. The van der Waals surface area contributed by atoms with E-state index < -0.39 is 0 Å². The van der Waals surface area contributed by atoms with Gasteiger partial charge in [-0.1, -0.05) is 6.58 Å². The summed E-state index contributed by atoms with van der Waals surface area (Å²) >= 11 is 0. The van der Waals surface area contributed by atoms with E-state index in [2.05, 4.69) is 17.2 Å². The Balaban J connectivity index is 2.08. The van der Waals surface area contributed by atoms with Crippen molar-refractivity contribution in [3.8, 4) is 0 Å². The topological polar surface area (TPSA) is 58.2 Å². The number of amides is 2. The van der Waals surface area contributed by atoms with Crippen LogP contribution in [-0.2, 0) is 9.59 Å². The molecule has 0 aliphatic heterocycles. The lowest BCUT2D eigenvalue weighted by atomic mass is 10.5. The Bertz CT molecular complexity index is 209. The second-order valence-electron chi connectivity index (χ2n) is 2.76. The SMILES string of the molecule is C=CC(=O)NCC(=O)NC1CC1.